The van der Waals surface area contributed by atoms with Crippen LogP contribution in [0.15, 0.2) is 24.3 Å². The number of likely N-dealkylation sites (tertiary alicyclic amines) is 1. The molecule has 5 fully saturated rings. The standard InChI is InChI=1S/C27H34N4O3S/c32-26-23-20-9-10-21(34-20)24(23)27(33)31(26)16-18-6-2-1-5-17(18)15-29-11-13-30(14-12-29)25-19-7-3-4-8-22(19)35-28-25/h3-4,7-8,17-18,20-21,23-24H,1-2,5-6,9-16H2. The van der Waals surface area contributed by atoms with E-state index in [9.17, 15) is 9.59 Å². The third-order valence-corrected chi connectivity index (χ3v) is 10.2. The van der Waals surface area contributed by atoms with Gasteiger partial charge in [0, 0.05) is 44.7 Å². The molecule has 0 spiro atoms. The van der Waals surface area contributed by atoms with Crippen LogP contribution < -0.4 is 4.90 Å². The van der Waals surface area contributed by atoms with Crippen molar-refractivity contribution in [3.63, 3.8) is 0 Å². The van der Waals surface area contributed by atoms with Crippen LogP contribution in [0.2, 0.25) is 0 Å². The zero-order valence-electron chi connectivity index (χ0n) is 20.2. The van der Waals surface area contributed by atoms with Gasteiger partial charge >= 0.3 is 0 Å². The van der Waals surface area contributed by atoms with Gasteiger partial charge in [-0.3, -0.25) is 19.4 Å². The van der Waals surface area contributed by atoms with Crippen molar-refractivity contribution in [3.05, 3.63) is 24.3 Å². The van der Waals surface area contributed by atoms with Crippen molar-refractivity contribution >= 4 is 39.3 Å². The van der Waals surface area contributed by atoms with Crippen molar-refractivity contribution in [2.45, 2.75) is 50.7 Å². The van der Waals surface area contributed by atoms with Crippen LogP contribution in [0.5, 0.6) is 0 Å². The Kier molecular flexibility index (Phi) is 5.59. The zero-order valence-corrected chi connectivity index (χ0v) is 21.0. The Morgan fingerprint density at radius 2 is 1.51 bits per heavy atom. The van der Waals surface area contributed by atoms with Crippen LogP contribution in [0.4, 0.5) is 5.82 Å². The molecule has 2 amide bonds. The molecule has 4 aliphatic heterocycles. The van der Waals surface area contributed by atoms with Crippen LogP contribution in [0.1, 0.15) is 38.5 Å². The topological polar surface area (TPSA) is 66.0 Å². The number of benzene rings is 1. The van der Waals surface area contributed by atoms with E-state index in [1.807, 2.05) is 0 Å². The second-order valence-corrected chi connectivity index (χ2v) is 12.0. The molecular weight excluding hydrogens is 460 g/mol. The fourth-order valence-corrected chi connectivity index (χ4v) is 8.32. The quantitative estimate of drug-likeness (QED) is 0.594. The molecule has 6 atom stereocenters. The average molecular weight is 495 g/mol. The zero-order chi connectivity index (χ0) is 23.5. The third-order valence-electron chi connectivity index (χ3n) is 9.38. The number of hydrogen-bond donors (Lipinski definition) is 0. The minimum atomic E-state index is -0.196. The third kappa shape index (κ3) is 3.71. The predicted octanol–water partition coefficient (Wildman–Crippen LogP) is 3.39. The van der Waals surface area contributed by atoms with Gasteiger partial charge in [-0.1, -0.05) is 25.0 Å². The van der Waals surface area contributed by atoms with Gasteiger partial charge in [-0.25, -0.2) is 0 Å². The molecule has 35 heavy (non-hydrogen) atoms. The van der Waals surface area contributed by atoms with E-state index in [4.69, 9.17) is 9.11 Å². The summed E-state index contributed by atoms with van der Waals surface area (Å²) in [5.74, 6) is 1.84. The van der Waals surface area contributed by atoms with E-state index in [1.165, 1.54) is 29.3 Å². The predicted molar refractivity (Wildman–Crippen MR) is 135 cm³/mol. The van der Waals surface area contributed by atoms with Crippen molar-refractivity contribution in [2.75, 3.05) is 44.2 Å². The Bertz CT molecular complexity index is 1100. The van der Waals surface area contributed by atoms with Crippen LogP contribution in [-0.2, 0) is 14.3 Å². The van der Waals surface area contributed by atoms with Gasteiger partial charge in [0.25, 0.3) is 0 Å². The average Bonchev–Trinajstić information content (AvgIpc) is 3.66. The Morgan fingerprint density at radius 3 is 2.23 bits per heavy atom. The molecule has 2 bridgehead atoms. The van der Waals surface area contributed by atoms with Gasteiger partial charge in [-0.2, -0.15) is 4.37 Å². The van der Waals surface area contributed by atoms with Crippen LogP contribution in [0, 0.1) is 23.7 Å². The summed E-state index contributed by atoms with van der Waals surface area (Å²) in [4.78, 5) is 33.1. The Labute approximate surface area is 210 Å². The minimum absolute atomic E-state index is 0.0141. The molecule has 0 N–H and O–H groups in total. The Morgan fingerprint density at radius 1 is 0.857 bits per heavy atom. The minimum Gasteiger partial charge on any atom is -0.373 e. The first-order chi connectivity index (χ1) is 17.2. The van der Waals surface area contributed by atoms with Crippen molar-refractivity contribution in [1.82, 2.24) is 14.2 Å². The number of anilines is 1. The number of rotatable bonds is 5. The van der Waals surface area contributed by atoms with Gasteiger partial charge in [0.15, 0.2) is 0 Å². The maximum atomic E-state index is 13.2. The number of carbonyl (C=O) groups is 2. The molecule has 4 saturated heterocycles. The molecule has 1 saturated carbocycles. The lowest BCUT2D eigenvalue weighted by Crippen LogP contribution is -2.49. The first-order valence-electron chi connectivity index (χ1n) is 13.5. The molecule has 7 rings (SSSR count). The van der Waals surface area contributed by atoms with E-state index in [0.717, 1.165) is 57.8 Å². The lowest BCUT2D eigenvalue weighted by Gasteiger charge is -2.40. The molecule has 1 aromatic heterocycles. The molecule has 0 radical (unpaired) electrons. The molecule has 1 aliphatic carbocycles. The van der Waals surface area contributed by atoms with Crippen molar-refractivity contribution in [2.24, 2.45) is 23.7 Å². The molecule has 5 heterocycles. The Hall–Kier alpha value is -2.03. The monoisotopic (exact) mass is 494 g/mol. The van der Waals surface area contributed by atoms with E-state index in [1.54, 1.807) is 16.4 Å². The van der Waals surface area contributed by atoms with Crippen LogP contribution in [0.3, 0.4) is 0 Å². The van der Waals surface area contributed by atoms with E-state index in [2.05, 4.69) is 34.1 Å². The Balaban J connectivity index is 0.986. The summed E-state index contributed by atoms with van der Waals surface area (Å²) in [5.41, 5.74) is 0. The maximum absolute atomic E-state index is 13.2. The van der Waals surface area contributed by atoms with Gasteiger partial charge in [-0.05, 0) is 61.2 Å². The van der Waals surface area contributed by atoms with E-state index in [0.29, 0.717) is 18.4 Å². The summed E-state index contributed by atoms with van der Waals surface area (Å²) < 4.78 is 11.9. The molecular formula is C27H34N4O3S. The number of nitrogens with zero attached hydrogens (tertiary/aromatic N) is 4. The van der Waals surface area contributed by atoms with Gasteiger partial charge < -0.3 is 9.64 Å². The highest BCUT2D eigenvalue weighted by Crippen LogP contribution is 2.49. The summed E-state index contributed by atoms with van der Waals surface area (Å²) in [6, 6.07) is 8.51. The molecule has 1 aromatic carbocycles. The summed E-state index contributed by atoms with van der Waals surface area (Å²) >= 11 is 1.59. The first kappa shape index (κ1) is 22.2. The van der Waals surface area contributed by atoms with E-state index in [-0.39, 0.29) is 35.9 Å². The first-order valence-corrected chi connectivity index (χ1v) is 14.3. The van der Waals surface area contributed by atoms with Gasteiger partial charge in [-0.15, -0.1) is 0 Å². The van der Waals surface area contributed by atoms with Crippen molar-refractivity contribution < 1.29 is 14.3 Å². The molecule has 7 nitrogen and oxygen atoms in total. The number of amides is 2. The fraction of sp³-hybridized carbons (Fsp3) is 0.667. The van der Waals surface area contributed by atoms with Crippen LogP contribution >= 0.6 is 11.5 Å². The highest BCUT2D eigenvalue weighted by Gasteiger charge is 2.62. The number of aromatic nitrogens is 1. The van der Waals surface area contributed by atoms with Gasteiger partial charge in [0.2, 0.25) is 11.8 Å². The number of hydrogen-bond acceptors (Lipinski definition) is 7. The smallest absolute Gasteiger partial charge is 0.235 e. The number of fused-ring (bicyclic) bond motifs is 6. The highest BCUT2D eigenvalue weighted by molar-refractivity contribution is 7.13. The summed E-state index contributed by atoms with van der Waals surface area (Å²) in [7, 11) is 0. The van der Waals surface area contributed by atoms with Gasteiger partial charge in [0.1, 0.15) is 5.82 Å². The van der Waals surface area contributed by atoms with E-state index >= 15 is 0 Å². The number of carbonyl (C=O) groups excluding carboxylic acids is 2. The second-order valence-electron chi connectivity index (χ2n) is 11.2. The summed E-state index contributed by atoms with van der Waals surface area (Å²) in [6.07, 6.45) is 6.66. The molecule has 8 heteroatoms. The molecule has 6 unspecified atom stereocenters. The van der Waals surface area contributed by atoms with Crippen molar-refractivity contribution in [1.29, 1.82) is 0 Å². The molecule has 5 aliphatic rings. The van der Waals surface area contributed by atoms with Crippen molar-refractivity contribution in [3.8, 4) is 0 Å². The van der Waals surface area contributed by atoms with E-state index < -0.39 is 0 Å². The SMILES string of the molecule is O=C1C2C3CCC(O3)C2C(=O)N1CC1CCCCC1CN1CCN(c2nsc3ccccc23)CC1. The summed E-state index contributed by atoms with van der Waals surface area (Å²) in [5, 5.41) is 1.27. The highest BCUT2D eigenvalue weighted by atomic mass is 32.1. The molecule has 186 valence electrons. The lowest BCUT2D eigenvalue weighted by atomic mass is 9.78. The number of imide groups is 1. The summed E-state index contributed by atoms with van der Waals surface area (Å²) in [6.45, 7) is 5.79. The largest absolute Gasteiger partial charge is 0.373 e. The van der Waals surface area contributed by atoms with Gasteiger partial charge in [0.05, 0.1) is 28.7 Å². The van der Waals surface area contributed by atoms with Crippen LogP contribution in [0.25, 0.3) is 10.1 Å². The number of piperazine rings is 1. The molecule has 2 aromatic rings. The normalized spacial score (nSPS) is 35.4. The maximum Gasteiger partial charge on any atom is 0.235 e. The second kappa shape index (κ2) is 8.82. The fourth-order valence-electron chi connectivity index (χ4n) is 7.53. The lowest BCUT2D eigenvalue weighted by molar-refractivity contribution is -0.143. The van der Waals surface area contributed by atoms with Crippen LogP contribution in [-0.4, -0.2) is 77.5 Å². The number of ether oxygens (including phenoxy) is 1.